The molecule has 0 bridgehead atoms. The van der Waals surface area contributed by atoms with Gasteiger partial charge in [0.05, 0.1) is 12.8 Å². The van der Waals surface area contributed by atoms with Crippen LogP contribution in [0, 0.1) is 5.82 Å². The fraction of sp³-hybridized carbons (Fsp3) is 0.231. The van der Waals surface area contributed by atoms with Crippen LogP contribution < -0.4 is 0 Å². The third-order valence-corrected chi connectivity index (χ3v) is 2.61. The molecule has 1 heterocycles. The van der Waals surface area contributed by atoms with E-state index in [1.165, 1.54) is 19.1 Å². The second-order valence-corrected chi connectivity index (χ2v) is 3.99. The predicted molar refractivity (Wildman–Crippen MR) is 64.5 cm³/mol. The lowest BCUT2D eigenvalue weighted by molar-refractivity contribution is -0.143. The molecule has 0 unspecified atom stereocenters. The van der Waals surface area contributed by atoms with Crippen LogP contribution in [-0.4, -0.2) is 22.4 Å². The summed E-state index contributed by atoms with van der Waals surface area (Å²) in [7, 11) is 0. The lowest BCUT2D eigenvalue weighted by atomic mass is 10.2. The third kappa shape index (κ3) is 2.88. The maximum Gasteiger partial charge on any atom is 0.434 e. The quantitative estimate of drug-likeness (QED) is 0.646. The van der Waals surface area contributed by atoms with Gasteiger partial charge in [-0.1, -0.05) is 12.1 Å². The highest BCUT2D eigenvalue weighted by atomic mass is 19.4. The molecule has 21 heavy (non-hydrogen) atoms. The number of alkyl halides is 3. The molecule has 8 heteroatoms. The molecule has 2 aromatic rings. The minimum Gasteiger partial charge on any atom is -0.462 e. The molecule has 0 atom stereocenters. The highest BCUT2D eigenvalue weighted by molar-refractivity contribution is 5.90. The molecule has 1 aromatic carbocycles. The molecule has 0 amide bonds. The van der Waals surface area contributed by atoms with Crippen molar-refractivity contribution in [3.63, 3.8) is 0 Å². The molecule has 0 radical (unpaired) electrons. The Balaban J connectivity index is 2.64. The van der Waals surface area contributed by atoms with E-state index in [1.807, 2.05) is 0 Å². The maximum absolute atomic E-state index is 13.7. The van der Waals surface area contributed by atoms with Crippen molar-refractivity contribution in [2.75, 3.05) is 6.61 Å². The van der Waals surface area contributed by atoms with E-state index >= 15 is 0 Å². The van der Waals surface area contributed by atoms with Gasteiger partial charge in [0, 0.05) is 0 Å². The predicted octanol–water partition coefficient (Wildman–Crippen LogP) is 3.21. The topological polar surface area (TPSA) is 44.1 Å². The summed E-state index contributed by atoms with van der Waals surface area (Å²) in [4.78, 5) is 11.6. The maximum atomic E-state index is 13.7. The highest BCUT2D eigenvalue weighted by Gasteiger charge is 2.41. The standard InChI is InChI=1S/C13H10F4N2O2/c1-2-21-12(20)8-7-18-19(11(8)13(15,16)17)10-6-4-3-5-9(10)14/h3-7H,2H2,1H3. The Labute approximate surface area is 116 Å². The summed E-state index contributed by atoms with van der Waals surface area (Å²) in [6.07, 6.45) is -4.17. The van der Waals surface area contributed by atoms with E-state index in [-0.39, 0.29) is 6.61 Å². The lowest BCUT2D eigenvalue weighted by Gasteiger charge is -2.12. The Hall–Kier alpha value is -2.38. The van der Waals surface area contributed by atoms with Crippen molar-refractivity contribution in [2.24, 2.45) is 0 Å². The summed E-state index contributed by atoms with van der Waals surface area (Å²) < 4.78 is 58.1. The summed E-state index contributed by atoms with van der Waals surface area (Å²) in [6, 6.07) is 4.83. The van der Waals surface area contributed by atoms with E-state index in [4.69, 9.17) is 0 Å². The Morgan fingerprint density at radius 2 is 2.00 bits per heavy atom. The molecule has 0 aliphatic heterocycles. The number of nitrogens with zero attached hydrogens (tertiary/aromatic N) is 2. The Morgan fingerprint density at radius 1 is 1.33 bits per heavy atom. The van der Waals surface area contributed by atoms with Gasteiger partial charge in [-0.25, -0.2) is 13.9 Å². The fourth-order valence-corrected chi connectivity index (χ4v) is 1.79. The van der Waals surface area contributed by atoms with Gasteiger partial charge in [-0.2, -0.15) is 18.3 Å². The Bertz CT molecular complexity index is 664. The van der Waals surface area contributed by atoms with E-state index in [2.05, 4.69) is 9.84 Å². The van der Waals surface area contributed by atoms with Crippen LogP contribution >= 0.6 is 0 Å². The summed E-state index contributed by atoms with van der Waals surface area (Å²) in [6.45, 7) is 1.38. The molecule has 0 aliphatic carbocycles. The first-order valence-corrected chi connectivity index (χ1v) is 5.93. The van der Waals surface area contributed by atoms with Gasteiger partial charge in [-0.05, 0) is 19.1 Å². The van der Waals surface area contributed by atoms with Gasteiger partial charge in [0.1, 0.15) is 17.1 Å². The van der Waals surface area contributed by atoms with Crippen molar-refractivity contribution in [1.82, 2.24) is 9.78 Å². The number of aromatic nitrogens is 2. The van der Waals surface area contributed by atoms with E-state index in [0.29, 0.717) is 10.9 Å². The van der Waals surface area contributed by atoms with Crippen LogP contribution in [0.1, 0.15) is 23.0 Å². The van der Waals surface area contributed by atoms with Crippen molar-refractivity contribution in [3.05, 3.63) is 47.5 Å². The average Bonchev–Trinajstić information content (AvgIpc) is 2.84. The summed E-state index contributed by atoms with van der Waals surface area (Å²) >= 11 is 0. The van der Waals surface area contributed by atoms with Crippen LogP contribution in [0.3, 0.4) is 0 Å². The number of para-hydroxylation sites is 1. The number of rotatable bonds is 3. The SMILES string of the molecule is CCOC(=O)c1cnn(-c2ccccc2F)c1C(F)(F)F. The van der Waals surface area contributed by atoms with Gasteiger partial charge in [0.25, 0.3) is 0 Å². The van der Waals surface area contributed by atoms with Crippen LogP contribution in [0.2, 0.25) is 0 Å². The van der Waals surface area contributed by atoms with Crippen LogP contribution in [0.25, 0.3) is 5.69 Å². The smallest absolute Gasteiger partial charge is 0.434 e. The van der Waals surface area contributed by atoms with E-state index in [9.17, 15) is 22.4 Å². The number of hydrogen-bond donors (Lipinski definition) is 0. The summed E-state index contributed by atoms with van der Waals surface area (Å²) in [5, 5.41) is 3.47. The number of hydrogen-bond acceptors (Lipinski definition) is 3. The Kier molecular flexibility index (Phi) is 3.97. The second-order valence-electron chi connectivity index (χ2n) is 3.99. The third-order valence-electron chi connectivity index (χ3n) is 2.61. The molecule has 112 valence electrons. The number of carbonyl (C=O) groups excluding carboxylic acids is 1. The number of ether oxygens (including phenoxy) is 1. The summed E-state index contributed by atoms with van der Waals surface area (Å²) in [5.41, 5.74) is -2.53. The molecular weight excluding hydrogens is 292 g/mol. The van der Waals surface area contributed by atoms with Crippen LogP contribution in [0.4, 0.5) is 17.6 Å². The molecular formula is C13H10F4N2O2. The average molecular weight is 302 g/mol. The molecule has 0 saturated carbocycles. The van der Waals surface area contributed by atoms with Crippen molar-refractivity contribution < 1.29 is 27.1 Å². The summed E-state index contributed by atoms with van der Waals surface area (Å²) in [5.74, 6) is -2.05. The van der Waals surface area contributed by atoms with E-state index < -0.39 is 34.9 Å². The molecule has 0 aliphatic rings. The normalized spacial score (nSPS) is 11.5. The first kappa shape index (κ1) is 15.0. The van der Waals surface area contributed by atoms with Crippen LogP contribution in [0.15, 0.2) is 30.5 Å². The largest absolute Gasteiger partial charge is 0.462 e. The minimum atomic E-state index is -4.89. The fourth-order valence-electron chi connectivity index (χ4n) is 1.79. The second kappa shape index (κ2) is 5.55. The zero-order chi connectivity index (χ0) is 15.6. The van der Waals surface area contributed by atoms with Gasteiger partial charge in [-0.3, -0.25) is 0 Å². The molecule has 0 spiro atoms. The first-order valence-electron chi connectivity index (χ1n) is 5.93. The first-order chi connectivity index (χ1) is 9.86. The molecule has 0 fully saturated rings. The lowest BCUT2D eigenvalue weighted by Crippen LogP contribution is -2.19. The van der Waals surface area contributed by atoms with Crippen molar-refractivity contribution in [3.8, 4) is 5.69 Å². The number of benzene rings is 1. The number of carbonyl (C=O) groups is 1. The van der Waals surface area contributed by atoms with Crippen molar-refractivity contribution >= 4 is 5.97 Å². The molecule has 2 rings (SSSR count). The molecule has 0 N–H and O–H groups in total. The van der Waals surface area contributed by atoms with Gasteiger partial charge in [-0.15, -0.1) is 0 Å². The van der Waals surface area contributed by atoms with E-state index in [0.717, 1.165) is 12.1 Å². The van der Waals surface area contributed by atoms with Gasteiger partial charge in [0.15, 0.2) is 5.69 Å². The van der Waals surface area contributed by atoms with Gasteiger partial charge >= 0.3 is 12.1 Å². The number of esters is 1. The van der Waals surface area contributed by atoms with Gasteiger partial charge < -0.3 is 4.74 Å². The molecule has 0 saturated heterocycles. The van der Waals surface area contributed by atoms with E-state index in [1.54, 1.807) is 0 Å². The minimum absolute atomic E-state index is 0.0823. The van der Waals surface area contributed by atoms with Gasteiger partial charge in [0.2, 0.25) is 0 Å². The zero-order valence-corrected chi connectivity index (χ0v) is 10.8. The van der Waals surface area contributed by atoms with Crippen molar-refractivity contribution in [1.29, 1.82) is 0 Å². The number of halogens is 4. The van der Waals surface area contributed by atoms with Crippen LogP contribution in [0.5, 0.6) is 0 Å². The Morgan fingerprint density at radius 3 is 2.57 bits per heavy atom. The van der Waals surface area contributed by atoms with Crippen molar-refractivity contribution in [2.45, 2.75) is 13.1 Å². The molecule has 1 aromatic heterocycles. The highest BCUT2D eigenvalue weighted by Crippen LogP contribution is 2.34. The zero-order valence-electron chi connectivity index (χ0n) is 10.8. The monoisotopic (exact) mass is 302 g/mol. The molecule has 4 nitrogen and oxygen atoms in total. The van der Waals surface area contributed by atoms with Crippen LogP contribution in [-0.2, 0) is 10.9 Å².